The third kappa shape index (κ3) is 3.74. The van der Waals surface area contributed by atoms with E-state index in [2.05, 4.69) is 20.5 Å². The maximum Gasteiger partial charge on any atom is 0.221 e. The van der Waals surface area contributed by atoms with Crippen molar-refractivity contribution in [2.45, 2.75) is 13.3 Å². The van der Waals surface area contributed by atoms with Crippen LogP contribution < -0.4 is 11.1 Å². The summed E-state index contributed by atoms with van der Waals surface area (Å²) in [5.74, 6) is 1.32. The lowest BCUT2D eigenvalue weighted by atomic mass is 10.1. The topological polar surface area (TPSA) is 96.7 Å². The zero-order chi connectivity index (χ0) is 16.2. The van der Waals surface area contributed by atoms with Gasteiger partial charge in [-0.3, -0.25) is 9.89 Å². The molecule has 0 aliphatic rings. The largest absolute Gasteiger partial charge is 0.399 e. The van der Waals surface area contributed by atoms with Crippen molar-refractivity contribution >= 4 is 17.3 Å². The fourth-order valence-corrected chi connectivity index (χ4v) is 2.24. The van der Waals surface area contributed by atoms with Gasteiger partial charge >= 0.3 is 0 Å². The molecule has 0 atom stereocenters. The van der Waals surface area contributed by atoms with Crippen LogP contribution in [-0.2, 0) is 11.2 Å². The first-order valence-electron chi connectivity index (χ1n) is 7.24. The molecule has 2 aromatic carbocycles. The third-order valence-electron chi connectivity index (χ3n) is 3.35. The van der Waals surface area contributed by atoms with Crippen LogP contribution in [0.15, 0.2) is 48.5 Å². The smallest absolute Gasteiger partial charge is 0.221 e. The minimum atomic E-state index is -0.0959. The zero-order valence-electron chi connectivity index (χ0n) is 12.7. The fraction of sp³-hybridized carbons (Fsp3) is 0.118. The Hall–Kier alpha value is -3.15. The van der Waals surface area contributed by atoms with Crippen LogP contribution in [0.5, 0.6) is 0 Å². The lowest BCUT2D eigenvalue weighted by molar-refractivity contribution is -0.114. The Kier molecular flexibility index (Phi) is 4.05. The number of carbonyl (C=O) groups is 1. The lowest BCUT2D eigenvalue weighted by Gasteiger charge is -2.02. The van der Waals surface area contributed by atoms with Gasteiger partial charge in [-0.2, -0.15) is 5.10 Å². The molecule has 0 bridgehead atoms. The average molecular weight is 307 g/mol. The van der Waals surface area contributed by atoms with E-state index >= 15 is 0 Å². The highest BCUT2D eigenvalue weighted by molar-refractivity contribution is 5.88. The minimum absolute atomic E-state index is 0.0959. The average Bonchev–Trinajstić information content (AvgIpc) is 2.98. The molecule has 1 amide bonds. The lowest BCUT2D eigenvalue weighted by Crippen LogP contribution is -2.05. The molecule has 4 N–H and O–H groups in total. The maximum atomic E-state index is 11.0. The van der Waals surface area contributed by atoms with Gasteiger partial charge in [-0.25, -0.2) is 4.98 Å². The number of aromatic nitrogens is 3. The van der Waals surface area contributed by atoms with E-state index in [0.29, 0.717) is 12.2 Å². The van der Waals surface area contributed by atoms with Crippen LogP contribution >= 0.6 is 0 Å². The summed E-state index contributed by atoms with van der Waals surface area (Å²) in [5.41, 5.74) is 9.17. The number of nitrogens with zero attached hydrogens (tertiary/aromatic N) is 2. The molecule has 3 aromatic rings. The maximum absolute atomic E-state index is 11.0. The van der Waals surface area contributed by atoms with E-state index < -0.39 is 0 Å². The number of aromatic amines is 1. The normalized spacial score (nSPS) is 10.5. The van der Waals surface area contributed by atoms with Crippen LogP contribution in [0.1, 0.15) is 18.3 Å². The first-order valence-corrected chi connectivity index (χ1v) is 7.24. The molecule has 0 aliphatic carbocycles. The number of benzene rings is 2. The second-order valence-electron chi connectivity index (χ2n) is 5.28. The predicted molar refractivity (Wildman–Crippen MR) is 89.8 cm³/mol. The molecule has 0 saturated carbocycles. The number of anilines is 2. The van der Waals surface area contributed by atoms with E-state index in [0.717, 1.165) is 28.3 Å². The summed E-state index contributed by atoms with van der Waals surface area (Å²) in [6.07, 6.45) is 0.664. The summed E-state index contributed by atoms with van der Waals surface area (Å²) in [7, 11) is 0. The number of rotatable bonds is 4. The highest BCUT2D eigenvalue weighted by Crippen LogP contribution is 2.18. The van der Waals surface area contributed by atoms with Crippen molar-refractivity contribution in [2.75, 3.05) is 11.1 Å². The van der Waals surface area contributed by atoms with E-state index in [1.807, 2.05) is 48.5 Å². The SMILES string of the molecule is CC(=O)Nc1ccc(-c2n[nH]c(Cc3ccc(N)cc3)n2)cc1. The molecule has 23 heavy (non-hydrogen) atoms. The van der Waals surface area contributed by atoms with Crippen LogP contribution in [-0.4, -0.2) is 21.1 Å². The summed E-state index contributed by atoms with van der Waals surface area (Å²) in [4.78, 5) is 15.5. The van der Waals surface area contributed by atoms with Crippen LogP contribution in [0.2, 0.25) is 0 Å². The fourth-order valence-electron chi connectivity index (χ4n) is 2.24. The number of amides is 1. The molecule has 6 nitrogen and oxygen atoms in total. The van der Waals surface area contributed by atoms with Crippen LogP contribution in [0.4, 0.5) is 11.4 Å². The van der Waals surface area contributed by atoms with Crippen LogP contribution in [0.25, 0.3) is 11.4 Å². The molecule has 0 unspecified atom stereocenters. The van der Waals surface area contributed by atoms with Gasteiger partial charge in [0.1, 0.15) is 5.82 Å². The van der Waals surface area contributed by atoms with Gasteiger partial charge in [-0.15, -0.1) is 0 Å². The Bertz CT molecular complexity index is 806. The summed E-state index contributed by atoms with van der Waals surface area (Å²) in [6.45, 7) is 1.48. The molecule has 0 saturated heterocycles. The number of nitrogens with one attached hydrogen (secondary N) is 2. The van der Waals surface area contributed by atoms with Gasteiger partial charge in [0.2, 0.25) is 5.91 Å². The Morgan fingerprint density at radius 3 is 2.48 bits per heavy atom. The number of hydrogen-bond donors (Lipinski definition) is 3. The number of H-pyrrole nitrogens is 1. The second-order valence-corrected chi connectivity index (χ2v) is 5.28. The molecular weight excluding hydrogens is 290 g/mol. The van der Waals surface area contributed by atoms with Crippen molar-refractivity contribution in [2.24, 2.45) is 0 Å². The van der Waals surface area contributed by atoms with Crippen molar-refractivity contribution < 1.29 is 4.79 Å². The van der Waals surface area contributed by atoms with Gasteiger partial charge < -0.3 is 11.1 Å². The summed E-state index contributed by atoms with van der Waals surface area (Å²) in [6, 6.07) is 15.1. The first-order chi connectivity index (χ1) is 11.1. The molecule has 0 spiro atoms. The quantitative estimate of drug-likeness (QED) is 0.645. The summed E-state index contributed by atoms with van der Waals surface area (Å²) in [5, 5.41) is 9.92. The summed E-state index contributed by atoms with van der Waals surface area (Å²) < 4.78 is 0. The third-order valence-corrected chi connectivity index (χ3v) is 3.35. The highest BCUT2D eigenvalue weighted by Gasteiger charge is 2.07. The number of hydrogen-bond acceptors (Lipinski definition) is 4. The predicted octanol–water partition coefficient (Wildman–Crippen LogP) is 2.60. The molecular formula is C17H17N5O. The number of carbonyl (C=O) groups excluding carboxylic acids is 1. The molecule has 6 heteroatoms. The van der Waals surface area contributed by atoms with Crippen LogP contribution in [0, 0.1) is 0 Å². The van der Waals surface area contributed by atoms with Crippen molar-refractivity contribution in [1.82, 2.24) is 15.2 Å². The molecule has 1 heterocycles. The van der Waals surface area contributed by atoms with Crippen molar-refractivity contribution in [3.05, 3.63) is 59.9 Å². The van der Waals surface area contributed by atoms with Gasteiger partial charge in [-0.1, -0.05) is 12.1 Å². The Morgan fingerprint density at radius 2 is 1.83 bits per heavy atom. The van der Waals surface area contributed by atoms with E-state index in [4.69, 9.17) is 5.73 Å². The molecule has 0 fully saturated rings. The van der Waals surface area contributed by atoms with Gasteiger partial charge in [0, 0.05) is 30.3 Å². The van der Waals surface area contributed by atoms with Gasteiger partial charge in [-0.05, 0) is 42.0 Å². The molecule has 116 valence electrons. The zero-order valence-corrected chi connectivity index (χ0v) is 12.7. The molecule has 1 aromatic heterocycles. The van der Waals surface area contributed by atoms with E-state index in [9.17, 15) is 4.79 Å². The number of nitrogens with two attached hydrogens (primary N) is 1. The second kappa shape index (κ2) is 6.31. The van der Waals surface area contributed by atoms with E-state index in [-0.39, 0.29) is 5.91 Å². The Balaban J connectivity index is 1.73. The first kappa shape index (κ1) is 14.8. The van der Waals surface area contributed by atoms with E-state index in [1.165, 1.54) is 6.92 Å². The number of nitrogen functional groups attached to an aromatic ring is 1. The summed E-state index contributed by atoms with van der Waals surface area (Å²) >= 11 is 0. The van der Waals surface area contributed by atoms with Gasteiger partial charge in [0.25, 0.3) is 0 Å². The Labute approximate surface area is 133 Å². The van der Waals surface area contributed by atoms with Crippen molar-refractivity contribution in [3.63, 3.8) is 0 Å². The Morgan fingerprint density at radius 1 is 1.13 bits per heavy atom. The minimum Gasteiger partial charge on any atom is -0.399 e. The molecule has 3 rings (SSSR count). The van der Waals surface area contributed by atoms with Gasteiger partial charge in [0.05, 0.1) is 0 Å². The van der Waals surface area contributed by atoms with Crippen molar-refractivity contribution in [1.29, 1.82) is 0 Å². The van der Waals surface area contributed by atoms with Crippen molar-refractivity contribution in [3.8, 4) is 11.4 Å². The monoisotopic (exact) mass is 307 g/mol. The molecule has 0 radical (unpaired) electrons. The highest BCUT2D eigenvalue weighted by atomic mass is 16.1. The van der Waals surface area contributed by atoms with Crippen LogP contribution in [0.3, 0.4) is 0 Å². The van der Waals surface area contributed by atoms with E-state index in [1.54, 1.807) is 0 Å². The van der Waals surface area contributed by atoms with Gasteiger partial charge in [0.15, 0.2) is 5.82 Å². The standard InChI is InChI=1S/C17H17N5O/c1-11(23)19-15-8-4-13(5-9-15)17-20-16(21-22-17)10-12-2-6-14(18)7-3-12/h2-9H,10,18H2,1H3,(H,19,23)(H,20,21,22). The molecule has 0 aliphatic heterocycles.